The minimum Gasteiger partial charge on any atom is -0.354 e. The van der Waals surface area contributed by atoms with E-state index in [1.54, 1.807) is 11.3 Å². The van der Waals surface area contributed by atoms with Crippen LogP contribution in [0.5, 0.6) is 0 Å². The van der Waals surface area contributed by atoms with Gasteiger partial charge in [-0.05, 0) is 40.5 Å². The van der Waals surface area contributed by atoms with E-state index < -0.39 is 0 Å². The zero-order valence-corrected chi connectivity index (χ0v) is 14.8. The molecule has 0 radical (unpaired) electrons. The second kappa shape index (κ2) is 8.54. The number of amides is 1. The predicted molar refractivity (Wildman–Crippen MR) is 94.1 cm³/mol. The Labute approximate surface area is 143 Å². The van der Waals surface area contributed by atoms with Gasteiger partial charge < -0.3 is 11.1 Å². The third kappa shape index (κ3) is 5.11. The van der Waals surface area contributed by atoms with Gasteiger partial charge in [-0.1, -0.05) is 30.3 Å². The van der Waals surface area contributed by atoms with Crippen molar-refractivity contribution in [3.8, 4) is 0 Å². The molecule has 1 heterocycles. The van der Waals surface area contributed by atoms with Crippen molar-refractivity contribution >= 4 is 45.6 Å². The average Bonchev–Trinajstić information content (AvgIpc) is 2.91. The molecule has 114 valence electrons. The Morgan fingerprint density at radius 2 is 1.95 bits per heavy atom. The fraction of sp³-hybridized carbons (Fsp3) is 0.267. The van der Waals surface area contributed by atoms with Crippen LogP contribution in [0, 0.1) is 0 Å². The molecule has 0 aliphatic rings. The maximum atomic E-state index is 12.1. The molecule has 2 aromatic rings. The number of thiophene rings is 1. The highest BCUT2D eigenvalue weighted by Crippen LogP contribution is 2.28. The molecule has 0 saturated heterocycles. The van der Waals surface area contributed by atoms with Gasteiger partial charge in [0.1, 0.15) is 0 Å². The Morgan fingerprint density at radius 1 is 1.29 bits per heavy atom. The van der Waals surface area contributed by atoms with Crippen LogP contribution in [0.25, 0.3) is 0 Å². The van der Waals surface area contributed by atoms with Gasteiger partial charge in [-0.15, -0.1) is 23.7 Å². The number of hydrogen-bond donors (Lipinski definition) is 2. The third-order valence-electron chi connectivity index (χ3n) is 3.14. The van der Waals surface area contributed by atoms with Gasteiger partial charge in [0, 0.05) is 17.5 Å². The SMILES string of the molecule is CC(C(=O)NCC(N)c1ccccc1)c1ccc(Br)s1.Cl. The minimum absolute atomic E-state index is 0. The Kier molecular flexibility index (Phi) is 7.39. The summed E-state index contributed by atoms with van der Waals surface area (Å²) in [6, 6.07) is 13.5. The second-order valence-electron chi connectivity index (χ2n) is 4.63. The molecular formula is C15H18BrClN2OS. The first-order chi connectivity index (χ1) is 9.58. The van der Waals surface area contributed by atoms with E-state index in [1.807, 2.05) is 49.4 Å². The number of carbonyl (C=O) groups excluding carboxylic acids is 1. The smallest absolute Gasteiger partial charge is 0.228 e. The molecule has 0 saturated carbocycles. The fourth-order valence-electron chi connectivity index (χ4n) is 1.87. The minimum atomic E-state index is -0.178. The summed E-state index contributed by atoms with van der Waals surface area (Å²) in [4.78, 5) is 13.2. The summed E-state index contributed by atoms with van der Waals surface area (Å²) >= 11 is 4.99. The van der Waals surface area contributed by atoms with Gasteiger partial charge in [0.2, 0.25) is 5.91 Å². The first-order valence-electron chi connectivity index (χ1n) is 6.41. The number of halogens is 2. The Morgan fingerprint density at radius 3 is 2.52 bits per heavy atom. The van der Waals surface area contributed by atoms with Crippen LogP contribution in [-0.4, -0.2) is 12.5 Å². The van der Waals surface area contributed by atoms with Crippen molar-refractivity contribution in [2.45, 2.75) is 18.9 Å². The molecule has 1 amide bonds. The van der Waals surface area contributed by atoms with E-state index in [0.29, 0.717) is 6.54 Å². The van der Waals surface area contributed by atoms with E-state index >= 15 is 0 Å². The topological polar surface area (TPSA) is 55.1 Å². The molecule has 2 atom stereocenters. The lowest BCUT2D eigenvalue weighted by Gasteiger charge is -2.15. The zero-order valence-electron chi connectivity index (χ0n) is 11.6. The average molecular weight is 390 g/mol. The summed E-state index contributed by atoms with van der Waals surface area (Å²) in [5.74, 6) is -0.153. The van der Waals surface area contributed by atoms with E-state index in [1.165, 1.54) is 0 Å². The number of nitrogens with two attached hydrogens (primary N) is 1. The van der Waals surface area contributed by atoms with Crippen molar-refractivity contribution in [2.75, 3.05) is 6.54 Å². The van der Waals surface area contributed by atoms with Crippen LogP contribution in [0.1, 0.15) is 29.3 Å². The van der Waals surface area contributed by atoms with Crippen LogP contribution in [0.4, 0.5) is 0 Å². The van der Waals surface area contributed by atoms with Crippen LogP contribution >= 0.6 is 39.7 Å². The number of hydrogen-bond acceptors (Lipinski definition) is 3. The third-order valence-corrected chi connectivity index (χ3v) is 4.94. The second-order valence-corrected chi connectivity index (χ2v) is 7.12. The molecule has 1 aromatic heterocycles. The van der Waals surface area contributed by atoms with Crippen molar-refractivity contribution in [3.63, 3.8) is 0 Å². The molecule has 6 heteroatoms. The van der Waals surface area contributed by atoms with Gasteiger partial charge in [0.15, 0.2) is 0 Å². The van der Waals surface area contributed by atoms with Crippen molar-refractivity contribution in [3.05, 3.63) is 56.7 Å². The zero-order chi connectivity index (χ0) is 14.5. The Balaban J connectivity index is 0.00000220. The maximum absolute atomic E-state index is 12.1. The van der Waals surface area contributed by atoms with Gasteiger partial charge in [0.05, 0.1) is 9.70 Å². The molecule has 3 nitrogen and oxygen atoms in total. The molecule has 0 aliphatic heterocycles. The number of rotatable bonds is 5. The molecule has 21 heavy (non-hydrogen) atoms. The lowest BCUT2D eigenvalue weighted by Crippen LogP contribution is -2.34. The summed E-state index contributed by atoms with van der Waals surface area (Å²) in [6.45, 7) is 2.35. The van der Waals surface area contributed by atoms with Crippen LogP contribution in [0.2, 0.25) is 0 Å². The molecule has 0 bridgehead atoms. The fourth-order valence-corrected chi connectivity index (χ4v) is 3.35. The van der Waals surface area contributed by atoms with E-state index in [4.69, 9.17) is 5.73 Å². The highest BCUT2D eigenvalue weighted by atomic mass is 79.9. The number of nitrogens with one attached hydrogen (secondary N) is 1. The highest BCUT2D eigenvalue weighted by Gasteiger charge is 2.17. The largest absolute Gasteiger partial charge is 0.354 e. The number of carbonyl (C=O) groups is 1. The van der Waals surface area contributed by atoms with E-state index in [2.05, 4.69) is 21.2 Å². The van der Waals surface area contributed by atoms with E-state index in [-0.39, 0.29) is 30.3 Å². The van der Waals surface area contributed by atoms with E-state index in [9.17, 15) is 4.79 Å². The Bertz CT molecular complexity index is 576. The van der Waals surface area contributed by atoms with Gasteiger partial charge in [0.25, 0.3) is 0 Å². The first-order valence-corrected chi connectivity index (χ1v) is 8.02. The first kappa shape index (κ1) is 18.2. The van der Waals surface area contributed by atoms with Crippen molar-refractivity contribution in [1.29, 1.82) is 0 Å². The highest BCUT2D eigenvalue weighted by molar-refractivity contribution is 9.11. The standard InChI is InChI=1S/C15H17BrN2OS.ClH/c1-10(13-7-8-14(16)20-13)15(19)18-9-12(17)11-5-3-2-4-6-11;/h2-8,10,12H,9,17H2,1H3,(H,18,19);1H. The summed E-state index contributed by atoms with van der Waals surface area (Å²) in [7, 11) is 0. The number of benzene rings is 1. The molecule has 0 fully saturated rings. The summed E-state index contributed by atoms with van der Waals surface area (Å²) in [5.41, 5.74) is 7.09. The Hall–Kier alpha value is -0.880. The van der Waals surface area contributed by atoms with Gasteiger partial charge in [-0.2, -0.15) is 0 Å². The normalized spacial score (nSPS) is 13.1. The maximum Gasteiger partial charge on any atom is 0.228 e. The quantitative estimate of drug-likeness (QED) is 0.816. The van der Waals surface area contributed by atoms with Crippen LogP contribution in [-0.2, 0) is 4.79 Å². The molecule has 2 rings (SSSR count). The van der Waals surface area contributed by atoms with Gasteiger partial charge >= 0.3 is 0 Å². The van der Waals surface area contributed by atoms with Crippen LogP contribution < -0.4 is 11.1 Å². The molecule has 0 spiro atoms. The lowest BCUT2D eigenvalue weighted by atomic mass is 10.1. The molecule has 1 aromatic carbocycles. The summed E-state index contributed by atoms with van der Waals surface area (Å²) in [5, 5.41) is 2.92. The lowest BCUT2D eigenvalue weighted by molar-refractivity contribution is -0.122. The molecule has 2 unspecified atom stereocenters. The van der Waals surface area contributed by atoms with E-state index in [0.717, 1.165) is 14.2 Å². The van der Waals surface area contributed by atoms with Gasteiger partial charge in [-0.3, -0.25) is 4.79 Å². The summed E-state index contributed by atoms with van der Waals surface area (Å²) < 4.78 is 1.04. The summed E-state index contributed by atoms with van der Waals surface area (Å²) in [6.07, 6.45) is 0. The monoisotopic (exact) mass is 388 g/mol. The van der Waals surface area contributed by atoms with Crippen LogP contribution in [0.3, 0.4) is 0 Å². The van der Waals surface area contributed by atoms with Crippen molar-refractivity contribution in [1.82, 2.24) is 5.32 Å². The molecular weight excluding hydrogens is 372 g/mol. The van der Waals surface area contributed by atoms with Gasteiger partial charge in [-0.25, -0.2) is 0 Å². The molecule has 3 N–H and O–H groups in total. The van der Waals surface area contributed by atoms with Crippen LogP contribution in [0.15, 0.2) is 46.3 Å². The van der Waals surface area contributed by atoms with Crippen molar-refractivity contribution in [2.24, 2.45) is 5.73 Å². The molecule has 0 aliphatic carbocycles. The van der Waals surface area contributed by atoms with Crippen molar-refractivity contribution < 1.29 is 4.79 Å². The predicted octanol–water partition coefficient (Wildman–Crippen LogP) is 3.85.